The number of nitrogens with zero attached hydrogens (tertiary/aromatic N) is 1. The van der Waals surface area contributed by atoms with Crippen LogP contribution in [0.4, 0.5) is 0 Å². The number of hydrogen-bond donors (Lipinski definition) is 1. The largest absolute Gasteiger partial charge is 0.383 e. The molecule has 0 aliphatic heterocycles. The zero-order chi connectivity index (χ0) is 16.4. The van der Waals surface area contributed by atoms with Gasteiger partial charge >= 0.3 is 0 Å². The quantitative estimate of drug-likeness (QED) is 0.849. The van der Waals surface area contributed by atoms with Gasteiger partial charge < -0.3 is 5.11 Å². The van der Waals surface area contributed by atoms with Crippen LogP contribution in [0.5, 0.6) is 0 Å². The summed E-state index contributed by atoms with van der Waals surface area (Å²) in [5, 5.41) is 10.8. The van der Waals surface area contributed by atoms with Crippen molar-refractivity contribution in [1.82, 2.24) is 4.98 Å². The molecular formula is C19H18ClNO2. The van der Waals surface area contributed by atoms with Crippen LogP contribution in [0.3, 0.4) is 0 Å². The number of carbonyl (C=O) groups is 1. The molecular weight excluding hydrogens is 310 g/mol. The lowest BCUT2D eigenvalue weighted by atomic mass is 9.90. The highest BCUT2D eigenvalue weighted by Crippen LogP contribution is 2.34. The molecule has 1 unspecified atom stereocenters. The lowest BCUT2D eigenvalue weighted by Gasteiger charge is -2.19. The topological polar surface area (TPSA) is 50.2 Å². The summed E-state index contributed by atoms with van der Waals surface area (Å²) in [7, 11) is 0. The standard InChI is InChI=1S/C19H18ClNO2/c1-12-11-15(18(23)14-9-5-6-10-16(14)22)19(20)21-17(12)13-7-3-2-4-8-13/h2-4,7-9,11,18,23H,5-6,10H2,1H3. The number of benzene rings is 1. The van der Waals surface area contributed by atoms with Crippen LogP contribution < -0.4 is 0 Å². The van der Waals surface area contributed by atoms with E-state index in [4.69, 9.17) is 11.6 Å². The van der Waals surface area contributed by atoms with Gasteiger partial charge in [0, 0.05) is 23.1 Å². The van der Waals surface area contributed by atoms with Crippen molar-refractivity contribution in [3.05, 3.63) is 64.3 Å². The molecule has 1 aromatic heterocycles. The van der Waals surface area contributed by atoms with E-state index in [1.54, 1.807) is 0 Å². The number of aliphatic hydroxyl groups excluding tert-OH is 1. The zero-order valence-corrected chi connectivity index (χ0v) is 13.7. The Balaban J connectivity index is 2.00. The van der Waals surface area contributed by atoms with E-state index in [9.17, 15) is 9.90 Å². The molecule has 0 saturated heterocycles. The van der Waals surface area contributed by atoms with Gasteiger partial charge in [0.15, 0.2) is 5.78 Å². The first-order valence-electron chi connectivity index (χ1n) is 7.71. The third kappa shape index (κ3) is 3.21. The molecule has 1 atom stereocenters. The maximum atomic E-state index is 12.0. The van der Waals surface area contributed by atoms with E-state index in [0.717, 1.165) is 29.7 Å². The van der Waals surface area contributed by atoms with Gasteiger partial charge in [-0.1, -0.05) is 48.0 Å². The molecule has 0 amide bonds. The van der Waals surface area contributed by atoms with Crippen LogP contribution in [0.15, 0.2) is 48.0 Å². The van der Waals surface area contributed by atoms with Crippen LogP contribution in [0.2, 0.25) is 5.15 Å². The number of carbonyl (C=O) groups excluding carboxylic acids is 1. The fraction of sp³-hybridized carbons (Fsp3) is 0.263. The number of Topliss-reactive ketones (excluding diaryl/α,β-unsaturated/α-hetero) is 1. The highest BCUT2D eigenvalue weighted by molar-refractivity contribution is 6.30. The van der Waals surface area contributed by atoms with Crippen molar-refractivity contribution in [2.75, 3.05) is 0 Å². The summed E-state index contributed by atoms with van der Waals surface area (Å²) in [4.78, 5) is 16.5. The molecule has 3 rings (SSSR count). The Morgan fingerprint density at radius 1 is 1.26 bits per heavy atom. The van der Waals surface area contributed by atoms with E-state index >= 15 is 0 Å². The van der Waals surface area contributed by atoms with Gasteiger partial charge in [-0.25, -0.2) is 4.98 Å². The van der Waals surface area contributed by atoms with Gasteiger partial charge in [-0.05, 0) is 31.4 Å². The van der Waals surface area contributed by atoms with Crippen LogP contribution >= 0.6 is 11.6 Å². The number of hydrogen-bond acceptors (Lipinski definition) is 3. The number of aromatic nitrogens is 1. The molecule has 2 aromatic rings. The third-order valence-electron chi connectivity index (χ3n) is 4.12. The van der Waals surface area contributed by atoms with E-state index in [1.807, 2.05) is 49.4 Å². The second-order valence-electron chi connectivity index (χ2n) is 5.78. The molecule has 4 heteroatoms. The summed E-state index contributed by atoms with van der Waals surface area (Å²) in [5.41, 5.74) is 3.60. The third-order valence-corrected chi connectivity index (χ3v) is 4.43. The van der Waals surface area contributed by atoms with Gasteiger partial charge in [0.25, 0.3) is 0 Å². The van der Waals surface area contributed by atoms with Gasteiger partial charge in [-0.15, -0.1) is 0 Å². The Bertz CT molecular complexity index is 768. The lowest BCUT2D eigenvalue weighted by Crippen LogP contribution is -2.15. The number of allylic oxidation sites excluding steroid dienone is 1. The first kappa shape index (κ1) is 15.9. The van der Waals surface area contributed by atoms with Gasteiger partial charge in [0.1, 0.15) is 11.3 Å². The maximum Gasteiger partial charge on any atom is 0.161 e. The first-order chi connectivity index (χ1) is 11.1. The summed E-state index contributed by atoms with van der Waals surface area (Å²) in [6.45, 7) is 1.93. The first-order valence-corrected chi connectivity index (χ1v) is 8.09. The van der Waals surface area contributed by atoms with Crippen molar-refractivity contribution in [2.45, 2.75) is 32.3 Å². The molecule has 1 N–H and O–H groups in total. The Labute approximate surface area is 140 Å². The molecule has 0 spiro atoms. The second kappa shape index (κ2) is 6.65. The predicted octanol–water partition coefficient (Wildman–Crippen LogP) is 4.42. The molecule has 1 heterocycles. The van der Waals surface area contributed by atoms with Crippen molar-refractivity contribution < 1.29 is 9.90 Å². The highest BCUT2D eigenvalue weighted by atomic mass is 35.5. The van der Waals surface area contributed by atoms with Crippen molar-refractivity contribution in [1.29, 1.82) is 0 Å². The number of pyridine rings is 1. The number of ketones is 1. The molecule has 23 heavy (non-hydrogen) atoms. The molecule has 1 aromatic carbocycles. The fourth-order valence-electron chi connectivity index (χ4n) is 2.90. The monoisotopic (exact) mass is 327 g/mol. The van der Waals surface area contributed by atoms with Crippen LogP contribution in [0.1, 0.15) is 36.5 Å². The van der Waals surface area contributed by atoms with Gasteiger partial charge in [0.05, 0.1) is 5.69 Å². The van der Waals surface area contributed by atoms with Crippen molar-refractivity contribution in [3.63, 3.8) is 0 Å². The SMILES string of the molecule is Cc1cc(C(O)C2=CCCCC2=O)c(Cl)nc1-c1ccccc1. The van der Waals surface area contributed by atoms with Gasteiger partial charge in [0.2, 0.25) is 0 Å². The average molecular weight is 328 g/mol. The average Bonchev–Trinajstić information content (AvgIpc) is 2.57. The van der Waals surface area contributed by atoms with E-state index in [1.165, 1.54) is 0 Å². The zero-order valence-electron chi connectivity index (χ0n) is 12.9. The van der Waals surface area contributed by atoms with Gasteiger partial charge in [-0.2, -0.15) is 0 Å². The van der Waals surface area contributed by atoms with Crippen LogP contribution in [0.25, 0.3) is 11.3 Å². The molecule has 0 bridgehead atoms. The molecule has 118 valence electrons. The van der Waals surface area contributed by atoms with Crippen LogP contribution in [-0.2, 0) is 4.79 Å². The van der Waals surface area contributed by atoms with E-state index in [2.05, 4.69) is 4.98 Å². The molecule has 0 radical (unpaired) electrons. The highest BCUT2D eigenvalue weighted by Gasteiger charge is 2.25. The number of halogens is 1. The Morgan fingerprint density at radius 3 is 2.70 bits per heavy atom. The fourth-order valence-corrected chi connectivity index (χ4v) is 3.14. The van der Waals surface area contributed by atoms with E-state index in [-0.39, 0.29) is 10.9 Å². The van der Waals surface area contributed by atoms with Gasteiger partial charge in [-0.3, -0.25) is 4.79 Å². The molecule has 3 nitrogen and oxygen atoms in total. The summed E-state index contributed by atoms with van der Waals surface area (Å²) in [5.74, 6) is -0.00962. The number of aliphatic hydroxyl groups is 1. The minimum Gasteiger partial charge on any atom is -0.383 e. The minimum atomic E-state index is -1.01. The Hall–Kier alpha value is -1.97. The summed E-state index contributed by atoms with van der Waals surface area (Å²) in [6.07, 6.45) is 2.94. The molecule has 0 fully saturated rings. The number of rotatable bonds is 3. The number of aryl methyl sites for hydroxylation is 1. The maximum absolute atomic E-state index is 12.0. The Kier molecular flexibility index (Phi) is 4.60. The van der Waals surface area contributed by atoms with E-state index < -0.39 is 6.10 Å². The normalized spacial score (nSPS) is 16.1. The van der Waals surface area contributed by atoms with Crippen LogP contribution in [-0.4, -0.2) is 15.9 Å². The molecule has 0 saturated carbocycles. The van der Waals surface area contributed by atoms with Crippen molar-refractivity contribution in [3.8, 4) is 11.3 Å². The van der Waals surface area contributed by atoms with Crippen molar-refractivity contribution >= 4 is 17.4 Å². The minimum absolute atomic E-state index is 0.00962. The predicted molar refractivity (Wildman–Crippen MR) is 91.3 cm³/mol. The van der Waals surface area contributed by atoms with E-state index in [0.29, 0.717) is 17.6 Å². The molecule has 1 aliphatic carbocycles. The Morgan fingerprint density at radius 2 is 2.00 bits per heavy atom. The van der Waals surface area contributed by atoms with Crippen LogP contribution in [0, 0.1) is 6.92 Å². The molecule has 1 aliphatic rings. The summed E-state index contributed by atoms with van der Waals surface area (Å²) >= 11 is 6.30. The lowest BCUT2D eigenvalue weighted by molar-refractivity contribution is -0.117. The summed E-state index contributed by atoms with van der Waals surface area (Å²) < 4.78 is 0. The van der Waals surface area contributed by atoms with Crippen molar-refractivity contribution in [2.24, 2.45) is 0 Å². The summed E-state index contributed by atoms with van der Waals surface area (Å²) in [6, 6.07) is 11.6. The smallest absolute Gasteiger partial charge is 0.161 e. The second-order valence-corrected chi connectivity index (χ2v) is 6.14.